The van der Waals surface area contributed by atoms with Crippen LogP contribution in [0.25, 0.3) is 0 Å². The minimum absolute atomic E-state index is 0.111. The fraction of sp³-hybridized carbons (Fsp3) is 0.133. The molecule has 2 aromatic rings. The quantitative estimate of drug-likeness (QED) is 0.789. The third-order valence-corrected chi connectivity index (χ3v) is 3.37. The van der Waals surface area contributed by atoms with E-state index in [1.807, 2.05) is 36.6 Å². The van der Waals surface area contributed by atoms with Crippen LogP contribution in [0.1, 0.15) is 11.1 Å². The maximum atomic E-state index is 13.5. The van der Waals surface area contributed by atoms with E-state index in [2.05, 4.69) is 0 Å². The van der Waals surface area contributed by atoms with Gasteiger partial charge in [0.25, 0.3) is 0 Å². The molecule has 19 heavy (non-hydrogen) atoms. The number of benzene rings is 2. The Morgan fingerprint density at radius 2 is 1.95 bits per heavy atom. The van der Waals surface area contributed by atoms with Crippen molar-refractivity contribution in [1.82, 2.24) is 0 Å². The maximum Gasteiger partial charge on any atom is 0.129 e. The van der Waals surface area contributed by atoms with Crippen molar-refractivity contribution >= 4 is 11.8 Å². The lowest BCUT2D eigenvalue weighted by Gasteiger charge is -2.08. The van der Waals surface area contributed by atoms with Crippen LogP contribution in [0.3, 0.4) is 0 Å². The van der Waals surface area contributed by atoms with Crippen LogP contribution in [0.15, 0.2) is 47.4 Å². The van der Waals surface area contributed by atoms with Gasteiger partial charge in [-0.3, -0.25) is 0 Å². The summed E-state index contributed by atoms with van der Waals surface area (Å²) >= 11 is 1.65. The summed E-state index contributed by atoms with van der Waals surface area (Å²) in [4.78, 5) is 1.14. The van der Waals surface area contributed by atoms with Gasteiger partial charge in [-0.25, -0.2) is 4.39 Å². The molecule has 0 aliphatic carbocycles. The molecule has 0 amide bonds. The largest absolute Gasteiger partial charge is 0.489 e. The lowest BCUT2D eigenvalue weighted by atomic mass is 10.1. The van der Waals surface area contributed by atoms with E-state index in [1.54, 1.807) is 11.8 Å². The van der Waals surface area contributed by atoms with Crippen molar-refractivity contribution in [2.75, 3.05) is 6.26 Å². The van der Waals surface area contributed by atoms with E-state index in [0.717, 1.165) is 4.90 Å². The maximum absolute atomic E-state index is 13.5. The highest BCUT2D eigenvalue weighted by Crippen LogP contribution is 2.20. The Morgan fingerprint density at radius 1 is 1.21 bits per heavy atom. The molecule has 0 aromatic heterocycles. The monoisotopic (exact) mass is 273 g/mol. The van der Waals surface area contributed by atoms with Gasteiger partial charge in [0.1, 0.15) is 18.2 Å². The van der Waals surface area contributed by atoms with Crippen molar-refractivity contribution < 1.29 is 9.13 Å². The molecule has 0 aliphatic heterocycles. The normalized spacial score (nSPS) is 9.95. The number of nitriles is 1. The fourth-order valence-corrected chi connectivity index (χ4v) is 2.00. The molecule has 2 aromatic carbocycles. The van der Waals surface area contributed by atoms with E-state index in [4.69, 9.17) is 10.00 Å². The van der Waals surface area contributed by atoms with Crippen LogP contribution in [0.5, 0.6) is 5.75 Å². The number of rotatable bonds is 4. The molecular formula is C15H12FNOS. The first kappa shape index (κ1) is 13.4. The lowest BCUT2D eigenvalue weighted by Crippen LogP contribution is -1.99. The van der Waals surface area contributed by atoms with Crippen LogP contribution in [0, 0.1) is 17.1 Å². The number of halogens is 1. The molecule has 0 heterocycles. The standard InChI is InChI=1S/C15H12FNOS/c1-19-14-5-3-13(4-6-14)18-10-12-8-11(9-17)2-7-15(12)16/h2-8H,10H2,1H3. The van der Waals surface area contributed by atoms with E-state index in [1.165, 1.54) is 18.2 Å². The first-order valence-electron chi connectivity index (χ1n) is 5.68. The number of nitrogens with zero attached hydrogens (tertiary/aromatic N) is 1. The van der Waals surface area contributed by atoms with Gasteiger partial charge in [0, 0.05) is 10.5 Å². The van der Waals surface area contributed by atoms with Crippen molar-refractivity contribution in [1.29, 1.82) is 5.26 Å². The topological polar surface area (TPSA) is 33.0 Å². The second kappa shape index (κ2) is 6.26. The molecule has 0 aliphatic rings. The zero-order chi connectivity index (χ0) is 13.7. The predicted molar refractivity (Wildman–Crippen MR) is 73.7 cm³/mol. The third-order valence-electron chi connectivity index (χ3n) is 2.63. The number of thioether (sulfide) groups is 1. The average molecular weight is 273 g/mol. The molecule has 2 nitrogen and oxygen atoms in total. The third kappa shape index (κ3) is 3.49. The molecular weight excluding hydrogens is 261 g/mol. The van der Waals surface area contributed by atoms with Gasteiger partial charge in [-0.2, -0.15) is 5.26 Å². The Labute approximate surface area is 115 Å². The molecule has 0 radical (unpaired) electrons. The summed E-state index contributed by atoms with van der Waals surface area (Å²) in [6.45, 7) is 0.111. The van der Waals surface area contributed by atoms with Crippen molar-refractivity contribution in [3.05, 3.63) is 59.4 Å². The van der Waals surface area contributed by atoms with Crippen LogP contribution in [0.4, 0.5) is 4.39 Å². The molecule has 0 unspecified atom stereocenters. The minimum Gasteiger partial charge on any atom is -0.489 e. The highest BCUT2D eigenvalue weighted by atomic mass is 32.2. The van der Waals surface area contributed by atoms with Crippen LogP contribution >= 0.6 is 11.8 Å². The Hall–Kier alpha value is -1.99. The van der Waals surface area contributed by atoms with E-state index < -0.39 is 0 Å². The van der Waals surface area contributed by atoms with Gasteiger partial charge in [0.15, 0.2) is 0 Å². The second-order valence-corrected chi connectivity index (χ2v) is 4.76. The molecule has 0 atom stereocenters. The number of ether oxygens (including phenoxy) is 1. The molecule has 96 valence electrons. The SMILES string of the molecule is CSc1ccc(OCc2cc(C#N)ccc2F)cc1. The van der Waals surface area contributed by atoms with Gasteiger partial charge in [0.05, 0.1) is 11.6 Å². The summed E-state index contributed by atoms with van der Waals surface area (Å²) in [7, 11) is 0. The first-order valence-corrected chi connectivity index (χ1v) is 6.91. The Balaban J connectivity index is 2.07. The summed E-state index contributed by atoms with van der Waals surface area (Å²) in [5.74, 6) is 0.319. The summed E-state index contributed by atoms with van der Waals surface area (Å²) in [5.41, 5.74) is 0.811. The van der Waals surface area contributed by atoms with Crippen LogP contribution < -0.4 is 4.74 Å². The van der Waals surface area contributed by atoms with Gasteiger partial charge in [-0.05, 0) is 48.7 Å². The van der Waals surface area contributed by atoms with Gasteiger partial charge in [-0.15, -0.1) is 11.8 Å². The van der Waals surface area contributed by atoms with E-state index in [-0.39, 0.29) is 12.4 Å². The fourth-order valence-electron chi connectivity index (χ4n) is 1.59. The number of hydrogen-bond donors (Lipinski definition) is 0. The van der Waals surface area contributed by atoms with Crippen LogP contribution in [-0.2, 0) is 6.61 Å². The van der Waals surface area contributed by atoms with E-state index in [9.17, 15) is 4.39 Å². The predicted octanol–water partition coefficient (Wildman–Crippen LogP) is 4.00. The molecule has 2 rings (SSSR count). The lowest BCUT2D eigenvalue weighted by molar-refractivity contribution is 0.299. The van der Waals surface area contributed by atoms with Crippen molar-refractivity contribution in [2.24, 2.45) is 0 Å². The molecule has 0 saturated heterocycles. The summed E-state index contributed by atoms with van der Waals surface area (Å²) in [6, 6.07) is 13.8. The summed E-state index contributed by atoms with van der Waals surface area (Å²) in [5, 5.41) is 8.78. The Morgan fingerprint density at radius 3 is 2.58 bits per heavy atom. The highest BCUT2D eigenvalue weighted by molar-refractivity contribution is 7.98. The van der Waals surface area contributed by atoms with Crippen molar-refractivity contribution in [3.8, 4) is 11.8 Å². The van der Waals surface area contributed by atoms with Crippen LogP contribution in [-0.4, -0.2) is 6.26 Å². The highest BCUT2D eigenvalue weighted by Gasteiger charge is 2.04. The van der Waals surface area contributed by atoms with Gasteiger partial charge in [-0.1, -0.05) is 0 Å². The number of hydrogen-bond acceptors (Lipinski definition) is 3. The summed E-state index contributed by atoms with van der Waals surface area (Å²) < 4.78 is 19.0. The molecule has 0 fully saturated rings. The Kier molecular flexibility index (Phi) is 4.43. The van der Waals surface area contributed by atoms with E-state index in [0.29, 0.717) is 16.9 Å². The molecule has 0 saturated carbocycles. The Bertz CT molecular complexity index is 605. The van der Waals surface area contributed by atoms with E-state index >= 15 is 0 Å². The minimum atomic E-state index is -0.361. The first-order chi connectivity index (χ1) is 9.22. The molecule has 0 spiro atoms. The van der Waals surface area contributed by atoms with Gasteiger partial charge < -0.3 is 4.74 Å². The smallest absolute Gasteiger partial charge is 0.129 e. The zero-order valence-corrected chi connectivity index (χ0v) is 11.2. The van der Waals surface area contributed by atoms with Crippen LogP contribution in [0.2, 0.25) is 0 Å². The molecule has 0 N–H and O–H groups in total. The van der Waals surface area contributed by atoms with Gasteiger partial charge in [0.2, 0.25) is 0 Å². The van der Waals surface area contributed by atoms with Crippen molar-refractivity contribution in [2.45, 2.75) is 11.5 Å². The van der Waals surface area contributed by atoms with Gasteiger partial charge >= 0.3 is 0 Å². The molecule has 4 heteroatoms. The zero-order valence-electron chi connectivity index (χ0n) is 10.4. The van der Waals surface area contributed by atoms with Crippen molar-refractivity contribution in [3.63, 3.8) is 0 Å². The second-order valence-electron chi connectivity index (χ2n) is 3.88. The summed E-state index contributed by atoms with van der Waals surface area (Å²) in [6.07, 6.45) is 2.00. The molecule has 0 bridgehead atoms. The average Bonchev–Trinajstić information content (AvgIpc) is 2.47.